The van der Waals surface area contributed by atoms with Crippen LogP contribution in [0.1, 0.15) is 37.7 Å². The van der Waals surface area contributed by atoms with Crippen molar-refractivity contribution < 1.29 is 4.74 Å². The standard InChI is InChI=1S/C17H23NO/c1-14-5-4-10-18(13-14)11-8-15-9-12-19-17-7-3-2-6-16(15)17/h2-3,5-7,15H,4,8-13H2,1H3. The number of fused-ring (bicyclic) bond motifs is 1. The Balaban J connectivity index is 1.61. The van der Waals surface area contributed by atoms with Gasteiger partial charge in [0, 0.05) is 13.1 Å². The highest BCUT2D eigenvalue weighted by Gasteiger charge is 2.21. The van der Waals surface area contributed by atoms with E-state index in [4.69, 9.17) is 4.74 Å². The Morgan fingerprint density at radius 3 is 3.11 bits per heavy atom. The normalized spacial score (nSPS) is 23.4. The first-order valence-electron chi connectivity index (χ1n) is 7.42. The summed E-state index contributed by atoms with van der Waals surface area (Å²) in [5.74, 6) is 1.78. The smallest absolute Gasteiger partial charge is 0.122 e. The number of ether oxygens (including phenoxy) is 1. The predicted octanol–water partition coefficient (Wildman–Crippen LogP) is 3.59. The maximum Gasteiger partial charge on any atom is 0.122 e. The number of nitrogens with zero attached hydrogens (tertiary/aromatic N) is 1. The maximum atomic E-state index is 5.74. The molecule has 102 valence electrons. The molecule has 2 aliphatic heterocycles. The highest BCUT2D eigenvalue weighted by molar-refractivity contribution is 5.37. The van der Waals surface area contributed by atoms with Crippen LogP contribution in [-0.4, -0.2) is 31.1 Å². The van der Waals surface area contributed by atoms with Crippen molar-refractivity contribution >= 4 is 0 Å². The molecule has 0 fully saturated rings. The van der Waals surface area contributed by atoms with Crippen molar-refractivity contribution in [3.05, 3.63) is 41.5 Å². The number of hydrogen-bond donors (Lipinski definition) is 0. The molecule has 0 aliphatic carbocycles. The summed E-state index contributed by atoms with van der Waals surface area (Å²) in [5.41, 5.74) is 2.94. The lowest BCUT2D eigenvalue weighted by Gasteiger charge is -2.30. The first-order valence-corrected chi connectivity index (χ1v) is 7.42. The van der Waals surface area contributed by atoms with Gasteiger partial charge in [-0.3, -0.25) is 4.90 Å². The Hall–Kier alpha value is -1.28. The minimum Gasteiger partial charge on any atom is -0.493 e. The molecule has 2 nitrogen and oxygen atoms in total. The molecule has 0 N–H and O–H groups in total. The molecule has 0 spiro atoms. The topological polar surface area (TPSA) is 12.5 Å². The van der Waals surface area contributed by atoms with Crippen molar-refractivity contribution in [3.63, 3.8) is 0 Å². The van der Waals surface area contributed by atoms with Crippen molar-refractivity contribution in [2.45, 2.75) is 32.1 Å². The lowest BCUT2D eigenvalue weighted by atomic mass is 9.90. The van der Waals surface area contributed by atoms with E-state index in [9.17, 15) is 0 Å². The fourth-order valence-electron chi connectivity index (χ4n) is 3.23. The molecule has 0 amide bonds. The van der Waals surface area contributed by atoms with Gasteiger partial charge in [0.15, 0.2) is 0 Å². The molecule has 0 radical (unpaired) electrons. The Labute approximate surface area is 116 Å². The second-order valence-corrected chi connectivity index (χ2v) is 5.78. The minimum atomic E-state index is 0.677. The molecule has 19 heavy (non-hydrogen) atoms. The number of benzene rings is 1. The van der Waals surface area contributed by atoms with Gasteiger partial charge in [0.05, 0.1) is 6.61 Å². The third-order valence-electron chi connectivity index (χ3n) is 4.29. The Kier molecular flexibility index (Phi) is 3.88. The van der Waals surface area contributed by atoms with Crippen molar-refractivity contribution in [1.82, 2.24) is 4.90 Å². The summed E-state index contributed by atoms with van der Waals surface area (Å²) in [4.78, 5) is 2.59. The van der Waals surface area contributed by atoms with Crippen molar-refractivity contribution in [1.29, 1.82) is 0 Å². The molecule has 2 heterocycles. The van der Waals surface area contributed by atoms with Crippen molar-refractivity contribution in [2.24, 2.45) is 0 Å². The van der Waals surface area contributed by atoms with Crippen LogP contribution >= 0.6 is 0 Å². The quantitative estimate of drug-likeness (QED) is 0.767. The van der Waals surface area contributed by atoms with Gasteiger partial charge in [0.2, 0.25) is 0 Å². The number of para-hydroxylation sites is 1. The van der Waals surface area contributed by atoms with Crippen LogP contribution in [-0.2, 0) is 0 Å². The van der Waals surface area contributed by atoms with E-state index in [1.807, 2.05) is 0 Å². The first kappa shape index (κ1) is 12.7. The van der Waals surface area contributed by atoms with E-state index in [2.05, 4.69) is 42.2 Å². The van der Waals surface area contributed by atoms with Gasteiger partial charge >= 0.3 is 0 Å². The SMILES string of the molecule is CC1=CCCN(CCC2CCOc3ccccc32)C1. The van der Waals surface area contributed by atoms with Gasteiger partial charge in [-0.05, 0) is 50.3 Å². The van der Waals surface area contributed by atoms with Crippen molar-refractivity contribution in [3.8, 4) is 5.75 Å². The van der Waals surface area contributed by atoms with E-state index in [1.165, 1.54) is 43.5 Å². The summed E-state index contributed by atoms with van der Waals surface area (Å²) in [5, 5.41) is 0. The van der Waals surface area contributed by atoms with E-state index >= 15 is 0 Å². The summed E-state index contributed by atoms with van der Waals surface area (Å²) < 4.78 is 5.74. The maximum absolute atomic E-state index is 5.74. The highest BCUT2D eigenvalue weighted by atomic mass is 16.5. The number of hydrogen-bond acceptors (Lipinski definition) is 2. The van der Waals surface area contributed by atoms with E-state index in [0.29, 0.717) is 5.92 Å². The molecule has 0 bridgehead atoms. The summed E-state index contributed by atoms with van der Waals surface area (Å²) in [7, 11) is 0. The van der Waals surface area contributed by atoms with Gasteiger partial charge in [-0.2, -0.15) is 0 Å². The van der Waals surface area contributed by atoms with Gasteiger partial charge in [0.1, 0.15) is 5.75 Å². The molecule has 1 atom stereocenters. The van der Waals surface area contributed by atoms with Gasteiger partial charge in [-0.25, -0.2) is 0 Å². The second kappa shape index (κ2) is 5.79. The average Bonchev–Trinajstić information content (AvgIpc) is 2.45. The first-order chi connectivity index (χ1) is 9.33. The molecule has 2 heteroatoms. The monoisotopic (exact) mass is 257 g/mol. The second-order valence-electron chi connectivity index (χ2n) is 5.78. The third-order valence-corrected chi connectivity index (χ3v) is 4.29. The molecule has 1 unspecified atom stereocenters. The van der Waals surface area contributed by atoms with E-state index in [0.717, 1.165) is 18.9 Å². The van der Waals surface area contributed by atoms with Gasteiger partial charge in [0.25, 0.3) is 0 Å². The average molecular weight is 257 g/mol. The van der Waals surface area contributed by atoms with Gasteiger partial charge in [-0.1, -0.05) is 29.8 Å². The van der Waals surface area contributed by atoms with Crippen LogP contribution in [0.3, 0.4) is 0 Å². The fourth-order valence-corrected chi connectivity index (χ4v) is 3.23. The molecule has 3 rings (SSSR count). The van der Waals surface area contributed by atoms with Crippen LogP contribution in [0, 0.1) is 0 Å². The molecule has 1 aromatic carbocycles. The fraction of sp³-hybridized carbons (Fsp3) is 0.529. The molecule has 0 saturated heterocycles. The zero-order chi connectivity index (χ0) is 13.1. The third kappa shape index (κ3) is 3.01. The van der Waals surface area contributed by atoms with Gasteiger partial charge < -0.3 is 4.74 Å². The van der Waals surface area contributed by atoms with Crippen LogP contribution < -0.4 is 4.74 Å². The lowest BCUT2D eigenvalue weighted by Crippen LogP contribution is -2.31. The molecule has 0 aromatic heterocycles. The summed E-state index contributed by atoms with van der Waals surface area (Å²) in [6.07, 6.45) is 6.02. The van der Waals surface area contributed by atoms with Crippen LogP contribution in [0.15, 0.2) is 35.9 Å². The summed E-state index contributed by atoms with van der Waals surface area (Å²) in [6, 6.07) is 8.55. The van der Waals surface area contributed by atoms with Crippen molar-refractivity contribution in [2.75, 3.05) is 26.2 Å². The lowest BCUT2D eigenvalue weighted by molar-refractivity contribution is 0.236. The zero-order valence-corrected chi connectivity index (χ0v) is 11.8. The minimum absolute atomic E-state index is 0.677. The molecule has 0 saturated carbocycles. The molecule has 2 aliphatic rings. The van der Waals surface area contributed by atoms with Crippen LogP contribution in [0.4, 0.5) is 0 Å². The van der Waals surface area contributed by atoms with Gasteiger partial charge in [-0.15, -0.1) is 0 Å². The Morgan fingerprint density at radius 2 is 2.21 bits per heavy atom. The zero-order valence-electron chi connectivity index (χ0n) is 11.8. The Morgan fingerprint density at radius 1 is 1.32 bits per heavy atom. The van der Waals surface area contributed by atoms with Crippen LogP contribution in [0.25, 0.3) is 0 Å². The number of rotatable bonds is 3. The van der Waals surface area contributed by atoms with E-state index in [-0.39, 0.29) is 0 Å². The highest BCUT2D eigenvalue weighted by Crippen LogP contribution is 2.35. The summed E-state index contributed by atoms with van der Waals surface area (Å²) in [6.45, 7) is 6.72. The van der Waals surface area contributed by atoms with E-state index in [1.54, 1.807) is 0 Å². The van der Waals surface area contributed by atoms with E-state index < -0.39 is 0 Å². The largest absolute Gasteiger partial charge is 0.493 e. The van der Waals surface area contributed by atoms with Crippen LogP contribution in [0.2, 0.25) is 0 Å². The molecule has 1 aromatic rings. The molecular formula is C17H23NO. The molecular weight excluding hydrogens is 234 g/mol. The van der Waals surface area contributed by atoms with Crippen LogP contribution in [0.5, 0.6) is 5.75 Å². The summed E-state index contributed by atoms with van der Waals surface area (Å²) >= 11 is 0. The Bertz CT molecular complexity index is 466. The predicted molar refractivity (Wildman–Crippen MR) is 78.7 cm³/mol.